The topological polar surface area (TPSA) is 67.4 Å². The van der Waals surface area contributed by atoms with Crippen LogP contribution < -0.4 is 10.6 Å². The van der Waals surface area contributed by atoms with E-state index in [9.17, 15) is 13.2 Å². The number of benzene rings is 1. The first kappa shape index (κ1) is 22.1. The monoisotopic (exact) mass is 507 g/mol. The van der Waals surface area contributed by atoms with Crippen molar-refractivity contribution in [3.8, 4) is 0 Å². The van der Waals surface area contributed by atoms with Crippen LogP contribution in [0.4, 0.5) is 13.2 Å². The molecule has 0 aliphatic carbocycles. The Morgan fingerprint density at radius 3 is 2.68 bits per heavy atom. The molecule has 3 aromatic rings. The highest BCUT2D eigenvalue weighted by molar-refractivity contribution is 14.0. The Balaban J connectivity index is 0.00000280. The van der Waals surface area contributed by atoms with E-state index in [0.717, 1.165) is 15.7 Å². The zero-order valence-electron chi connectivity index (χ0n) is 15.5. The fraction of sp³-hybridized carbons (Fsp3) is 0.333. The summed E-state index contributed by atoms with van der Waals surface area (Å²) in [5.41, 5.74) is -0.0862. The number of aromatic nitrogens is 2. The van der Waals surface area contributed by atoms with Crippen molar-refractivity contribution in [2.45, 2.75) is 25.7 Å². The summed E-state index contributed by atoms with van der Waals surface area (Å²) in [6, 6.07) is 9.33. The minimum Gasteiger partial charge on any atom is -0.459 e. The van der Waals surface area contributed by atoms with Gasteiger partial charge in [-0.05, 0) is 19.1 Å². The Morgan fingerprint density at radius 2 is 2.04 bits per heavy atom. The fourth-order valence-corrected chi connectivity index (χ4v) is 2.77. The molecule has 0 amide bonds. The van der Waals surface area contributed by atoms with E-state index in [4.69, 9.17) is 4.42 Å². The smallest absolute Gasteiger partial charge is 0.435 e. The number of nitrogens with zero attached hydrogens (tertiary/aromatic N) is 3. The Morgan fingerprint density at radius 1 is 1.32 bits per heavy atom. The molecule has 1 aromatic carbocycles. The summed E-state index contributed by atoms with van der Waals surface area (Å²) >= 11 is 0. The first-order chi connectivity index (χ1) is 12.8. The second kappa shape index (κ2) is 8.84. The highest BCUT2D eigenvalue weighted by atomic mass is 127. The normalized spacial score (nSPS) is 13.3. The van der Waals surface area contributed by atoms with Crippen LogP contribution in [0.15, 0.2) is 45.9 Å². The number of aliphatic imine (C=N–C) groups is 1. The molecule has 0 saturated carbocycles. The van der Waals surface area contributed by atoms with Crippen molar-refractivity contribution in [1.82, 2.24) is 20.4 Å². The van der Waals surface area contributed by atoms with Crippen LogP contribution in [0.1, 0.15) is 30.0 Å². The van der Waals surface area contributed by atoms with Gasteiger partial charge in [0.05, 0.1) is 6.04 Å². The van der Waals surface area contributed by atoms with Gasteiger partial charge in [0.1, 0.15) is 11.3 Å². The van der Waals surface area contributed by atoms with Crippen molar-refractivity contribution < 1.29 is 17.6 Å². The van der Waals surface area contributed by atoms with Crippen molar-refractivity contribution in [1.29, 1.82) is 0 Å². The first-order valence-electron chi connectivity index (χ1n) is 8.33. The Kier molecular flexibility index (Phi) is 6.96. The van der Waals surface area contributed by atoms with Gasteiger partial charge >= 0.3 is 6.18 Å². The molecule has 0 spiro atoms. The van der Waals surface area contributed by atoms with Gasteiger partial charge < -0.3 is 15.1 Å². The number of furan rings is 1. The molecule has 0 radical (unpaired) electrons. The Hall–Kier alpha value is -2.24. The minimum absolute atomic E-state index is 0. The Bertz CT molecular complexity index is 931. The number of guanidine groups is 1. The maximum Gasteiger partial charge on any atom is 0.435 e. The van der Waals surface area contributed by atoms with Crippen LogP contribution in [-0.2, 0) is 19.8 Å². The summed E-state index contributed by atoms with van der Waals surface area (Å²) in [5.74, 6) is 1.07. The van der Waals surface area contributed by atoms with Crippen molar-refractivity contribution in [3.63, 3.8) is 0 Å². The molecule has 0 aliphatic heterocycles. The molecule has 0 fully saturated rings. The van der Waals surface area contributed by atoms with Gasteiger partial charge in [0, 0.05) is 37.8 Å². The number of rotatable bonds is 4. The number of fused-ring (bicyclic) bond motifs is 1. The maximum absolute atomic E-state index is 13.0. The van der Waals surface area contributed by atoms with Gasteiger partial charge in [-0.3, -0.25) is 9.67 Å². The molecule has 0 aliphatic rings. The molecule has 0 saturated heterocycles. The maximum atomic E-state index is 13.0. The van der Waals surface area contributed by atoms with Crippen molar-refractivity contribution in [2.75, 3.05) is 7.05 Å². The van der Waals surface area contributed by atoms with E-state index >= 15 is 0 Å². The third-order valence-electron chi connectivity index (χ3n) is 4.07. The van der Waals surface area contributed by atoms with Crippen LogP contribution in [0, 0.1) is 0 Å². The molecule has 152 valence electrons. The molecule has 2 heterocycles. The van der Waals surface area contributed by atoms with Crippen LogP contribution in [0.25, 0.3) is 11.0 Å². The van der Waals surface area contributed by atoms with Crippen LogP contribution in [-0.4, -0.2) is 22.8 Å². The van der Waals surface area contributed by atoms with E-state index in [-0.39, 0.29) is 42.1 Å². The molecule has 0 bridgehead atoms. The first-order valence-corrected chi connectivity index (χ1v) is 8.33. The summed E-state index contributed by atoms with van der Waals surface area (Å²) in [5, 5.41) is 10.5. The number of alkyl halides is 3. The number of nitrogens with one attached hydrogen (secondary N) is 2. The third-order valence-corrected chi connectivity index (χ3v) is 4.07. The van der Waals surface area contributed by atoms with Crippen molar-refractivity contribution >= 4 is 40.9 Å². The van der Waals surface area contributed by atoms with E-state index in [2.05, 4.69) is 20.7 Å². The summed E-state index contributed by atoms with van der Waals surface area (Å²) in [4.78, 5) is 4.07. The fourth-order valence-electron chi connectivity index (χ4n) is 2.77. The quantitative estimate of drug-likeness (QED) is 0.315. The standard InChI is InChI=1S/C18H20F3N5O.HI/c1-11(15-8-12-6-4-5-7-14(12)27-15)24-17(22-2)23-9-13-10-26(3)25-16(13)18(19,20)21;/h4-8,10-11H,9H2,1-3H3,(H2,22,23,24);1H. The average Bonchev–Trinajstić information content (AvgIpc) is 3.21. The van der Waals surface area contributed by atoms with E-state index in [1.54, 1.807) is 7.05 Å². The van der Waals surface area contributed by atoms with Crippen LogP contribution in [0.5, 0.6) is 0 Å². The molecule has 3 rings (SSSR count). The number of hydrogen-bond acceptors (Lipinski definition) is 3. The van der Waals surface area contributed by atoms with Crippen LogP contribution >= 0.6 is 24.0 Å². The van der Waals surface area contributed by atoms with Crippen LogP contribution in [0.2, 0.25) is 0 Å². The largest absolute Gasteiger partial charge is 0.459 e. The lowest BCUT2D eigenvalue weighted by molar-refractivity contribution is -0.142. The molecule has 28 heavy (non-hydrogen) atoms. The SMILES string of the molecule is CN=C(NCc1cn(C)nc1C(F)(F)F)NC(C)c1cc2ccccc2o1.I. The zero-order valence-corrected chi connectivity index (χ0v) is 17.9. The summed E-state index contributed by atoms with van der Waals surface area (Å²) in [6.45, 7) is 1.82. The molecule has 2 aromatic heterocycles. The number of hydrogen-bond donors (Lipinski definition) is 2. The zero-order chi connectivity index (χ0) is 19.6. The van der Waals surface area contributed by atoms with Gasteiger partial charge in [-0.1, -0.05) is 18.2 Å². The van der Waals surface area contributed by atoms with Gasteiger partial charge in [-0.2, -0.15) is 18.3 Å². The van der Waals surface area contributed by atoms with Crippen molar-refractivity contribution in [3.05, 3.63) is 53.5 Å². The van der Waals surface area contributed by atoms with Gasteiger partial charge in [0.2, 0.25) is 0 Å². The number of halogens is 4. The number of para-hydroxylation sites is 1. The molecule has 2 N–H and O–H groups in total. The predicted molar refractivity (Wildman–Crippen MR) is 112 cm³/mol. The third kappa shape index (κ3) is 4.97. The molecular weight excluding hydrogens is 486 g/mol. The molecular formula is C18H21F3IN5O. The lowest BCUT2D eigenvalue weighted by atomic mass is 10.2. The molecule has 1 unspecified atom stereocenters. The van der Waals surface area contributed by atoms with Gasteiger partial charge in [0.15, 0.2) is 11.7 Å². The van der Waals surface area contributed by atoms with Crippen LogP contribution in [0.3, 0.4) is 0 Å². The second-order valence-electron chi connectivity index (χ2n) is 6.15. The van der Waals surface area contributed by atoms with E-state index in [1.807, 2.05) is 37.3 Å². The summed E-state index contributed by atoms with van der Waals surface area (Å²) in [7, 11) is 3.00. The summed E-state index contributed by atoms with van der Waals surface area (Å²) < 4.78 is 46.1. The molecule has 10 heteroatoms. The van der Waals surface area contributed by atoms with E-state index < -0.39 is 11.9 Å². The van der Waals surface area contributed by atoms with Gasteiger partial charge in [-0.25, -0.2) is 0 Å². The minimum atomic E-state index is -4.50. The Labute approximate surface area is 177 Å². The average molecular weight is 507 g/mol. The van der Waals surface area contributed by atoms with E-state index in [1.165, 1.54) is 13.2 Å². The summed E-state index contributed by atoms with van der Waals surface area (Å²) in [6.07, 6.45) is -3.16. The van der Waals surface area contributed by atoms with E-state index in [0.29, 0.717) is 11.7 Å². The molecule has 6 nitrogen and oxygen atoms in total. The lowest BCUT2D eigenvalue weighted by Crippen LogP contribution is -2.38. The van der Waals surface area contributed by atoms with Crippen molar-refractivity contribution in [2.24, 2.45) is 12.0 Å². The number of aryl methyl sites for hydroxylation is 1. The highest BCUT2D eigenvalue weighted by Crippen LogP contribution is 2.30. The second-order valence-corrected chi connectivity index (χ2v) is 6.15. The van der Waals surface area contributed by atoms with Gasteiger partial charge in [0.25, 0.3) is 0 Å². The lowest BCUT2D eigenvalue weighted by Gasteiger charge is -2.16. The predicted octanol–water partition coefficient (Wildman–Crippen LogP) is 4.23. The van der Waals surface area contributed by atoms with Gasteiger partial charge in [-0.15, -0.1) is 24.0 Å². The highest BCUT2D eigenvalue weighted by Gasteiger charge is 2.36. The molecule has 1 atom stereocenters.